The van der Waals surface area contributed by atoms with Crippen LogP contribution in [0.1, 0.15) is 5.56 Å². The van der Waals surface area contributed by atoms with Crippen molar-refractivity contribution >= 4 is 17.6 Å². The normalized spacial score (nSPS) is 10.7. The van der Waals surface area contributed by atoms with Gasteiger partial charge >= 0.3 is 0 Å². The lowest BCUT2D eigenvalue weighted by Crippen LogP contribution is -2.02. The van der Waals surface area contributed by atoms with Gasteiger partial charge in [-0.1, -0.05) is 0 Å². The van der Waals surface area contributed by atoms with Crippen LogP contribution >= 0.6 is 0 Å². The SMILES string of the molecule is CN=Cc1c([N+](=O)[O-])ccc(F)c1N. The summed E-state index contributed by atoms with van der Waals surface area (Å²) in [4.78, 5) is 13.5. The van der Waals surface area contributed by atoms with E-state index in [1.54, 1.807) is 0 Å². The van der Waals surface area contributed by atoms with Crippen LogP contribution in [0.25, 0.3) is 0 Å². The van der Waals surface area contributed by atoms with Crippen molar-refractivity contribution in [2.75, 3.05) is 12.8 Å². The molecular weight excluding hydrogens is 189 g/mol. The summed E-state index contributed by atoms with van der Waals surface area (Å²) in [6.07, 6.45) is 1.16. The highest BCUT2D eigenvalue weighted by atomic mass is 19.1. The molecule has 0 heterocycles. The zero-order chi connectivity index (χ0) is 10.7. The Bertz CT molecular complexity index is 404. The maximum absolute atomic E-state index is 12.9. The number of nitro benzene ring substituents is 1. The average Bonchev–Trinajstić information content (AvgIpc) is 2.13. The first kappa shape index (κ1) is 10.1. The minimum Gasteiger partial charge on any atom is -0.396 e. The lowest BCUT2D eigenvalue weighted by Gasteiger charge is -2.01. The second-order valence-electron chi connectivity index (χ2n) is 2.54. The van der Waals surface area contributed by atoms with Crippen molar-refractivity contribution in [1.29, 1.82) is 0 Å². The van der Waals surface area contributed by atoms with Gasteiger partial charge in [0, 0.05) is 19.3 Å². The molecule has 0 aliphatic carbocycles. The number of anilines is 1. The van der Waals surface area contributed by atoms with E-state index < -0.39 is 10.7 Å². The van der Waals surface area contributed by atoms with Gasteiger partial charge in [-0.05, 0) is 6.07 Å². The van der Waals surface area contributed by atoms with Crippen molar-refractivity contribution in [3.05, 3.63) is 33.6 Å². The second-order valence-corrected chi connectivity index (χ2v) is 2.54. The van der Waals surface area contributed by atoms with Crippen molar-refractivity contribution in [1.82, 2.24) is 0 Å². The van der Waals surface area contributed by atoms with E-state index >= 15 is 0 Å². The maximum Gasteiger partial charge on any atom is 0.280 e. The van der Waals surface area contributed by atoms with Gasteiger partial charge in [0.2, 0.25) is 0 Å². The van der Waals surface area contributed by atoms with E-state index in [2.05, 4.69) is 4.99 Å². The highest BCUT2D eigenvalue weighted by Crippen LogP contribution is 2.24. The molecule has 0 spiro atoms. The molecule has 14 heavy (non-hydrogen) atoms. The molecule has 0 atom stereocenters. The summed E-state index contributed by atoms with van der Waals surface area (Å²) in [5.41, 5.74) is 4.82. The van der Waals surface area contributed by atoms with Gasteiger partial charge < -0.3 is 5.73 Å². The van der Waals surface area contributed by atoms with Gasteiger partial charge in [-0.3, -0.25) is 15.1 Å². The van der Waals surface area contributed by atoms with E-state index in [1.807, 2.05) is 0 Å². The van der Waals surface area contributed by atoms with Gasteiger partial charge in [0.1, 0.15) is 5.82 Å². The first-order chi connectivity index (χ1) is 6.57. The van der Waals surface area contributed by atoms with Crippen LogP contribution in [0.5, 0.6) is 0 Å². The van der Waals surface area contributed by atoms with Crippen LogP contribution in [0.15, 0.2) is 17.1 Å². The van der Waals surface area contributed by atoms with Crippen molar-refractivity contribution < 1.29 is 9.31 Å². The van der Waals surface area contributed by atoms with E-state index in [0.29, 0.717) is 0 Å². The Morgan fingerprint density at radius 3 is 2.79 bits per heavy atom. The molecule has 0 radical (unpaired) electrons. The number of aliphatic imine (C=N–C) groups is 1. The summed E-state index contributed by atoms with van der Waals surface area (Å²) >= 11 is 0. The molecule has 0 unspecified atom stereocenters. The summed E-state index contributed by atoms with van der Waals surface area (Å²) in [7, 11) is 1.42. The molecule has 0 aromatic heterocycles. The molecule has 1 aromatic carbocycles. The first-order valence-electron chi connectivity index (χ1n) is 3.72. The van der Waals surface area contributed by atoms with Crippen LogP contribution in [-0.2, 0) is 0 Å². The average molecular weight is 197 g/mol. The van der Waals surface area contributed by atoms with Crippen LogP contribution in [-0.4, -0.2) is 18.2 Å². The molecule has 1 rings (SSSR count). The van der Waals surface area contributed by atoms with Crippen molar-refractivity contribution in [2.45, 2.75) is 0 Å². The van der Waals surface area contributed by atoms with Gasteiger partial charge in [0.05, 0.1) is 16.2 Å². The molecule has 0 amide bonds. The van der Waals surface area contributed by atoms with Gasteiger partial charge in [0.25, 0.3) is 5.69 Å². The van der Waals surface area contributed by atoms with Crippen LogP contribution in [0.3, 0.4) is 0 Å². The molecule has 0 fully saturated rings. The van der Waals surface area contributed by atoms with Crippen LogP contribution < -0.4 is 5.73 Å². The molecule has 2 N–H and O–H groups in total. The Hall–Kier alpha value is -1.98. The second kappa shape index (κ2) is 3.82. The predicted octanol–water partition coefficient (Wildman–Crippen LogP) is 1.36. The van der Waals surface area contributed by atoms with Gasteiger partial charge in [-0.25, -0.2) is 4.39 Å². The number of nitrogens with two attached hydrogens (primary N) is 1. The highest BCUT2D eigenvalue weighted by molar-refractivity contribution is 5.92. The zero-order valence-electron chi connectivity index (χ0n) is 7.40. The largest absolute Gasteiger partial charge is 0.396 e. The number of halogens is 1. The van der Waals surface area contributed by atoms with E-state index in [0.717, 1.165) is 18.3 Å². The molecule has 0 saturated heterocycles. The Labute approximate surface area is 79.2 Å². The number of nitrogen functional groups attached to an aromatic ring is 1. The van der Waals surface area contributed by atoms with Crippen molar-refractivity contribution in [3.63, 3.8) is 0 Å². The molecule has 0 bridgehead atoms. The van der Waals surface area contributed by atoms with Crippen LogP contribution in [0.4, 0.5) is 15.8 Å². The third-order valence-corrected chi connectivity index (χ3v) is 1.67. The summed E-state index contributed by atoms with van der Waals surface area (Å²) < 4.78 is 12.9. The van der Waals surface area contributed by atoms with Crippen molar-refractivity contribution in [3.8, 4) is 0 Å². The fourth-order valence-electron chi connectivity index (χ4n) is 1.02. The smallest absolute Gasteiger partial charge is 0.280 e. The molecular formula is C8H8FN3O2. The molecule has 0 aliphatic rings. The number of benzene rings is 1. The summed E-state index contributed by atoms with van der Waals surface area (Å²) in [5.74, 6) is -0.689. The summed E-state index contributed by atoms with van der Waals surface area (Å²) in [5, 5.41) is 10.5. The third-order valence-electron chi connectivity index (χ3n) is 1.67. The molecule has 0 saturated carbocycles. The highest BCUT2D eigenvalue weighted by Gasteiger charge is 2.17. The molecule has 1 aromatic rings. The van der Waals surface area contributed by atoms with Gasteiger partial charge in [0.15, 0.2) is 0 Å². The van der Waals surface area contributed by atoms with Crippen LogP contribution in [0, 0.1) is 15.9 Å². The van der Waals surface area contributed by atoms with Crippen LogP contribution in [0.2, 0.25) is 0 Å². The quantitative estimate of drug-likeness (QED) is 0.336. The van der Waals surface area contributed by atoms with E-state index in [9.17, 15) is 14.5 Å². The monoisotopic (exact) mass is 197 g/mol. The number of hydrogen-bond acceptors (Lipinski definition) is 4. The van der Waals surface area contributed by atoms with E-state index in [-0.39, 0.29) is 16.9 Å². The van der Waals surface area contributed by atoms with E-state index in [1.165, 1.54) is 7.05 Å². The van der Waals surface area contributed by atoms with E-state index in [4.69, 9.17) is 5.73 Å². The Kier molecular flexibility index (Phi) is 2.76. The third kappa shape index (κ3) is 1.68. The number of nitrogens with zero attached hydrogens (tertiary/aromatic N) is 2. The Balaban J connectivity index is 3.45. The summed E-state index contributed by atoms with van der Waals surface area (Å²) in [6, 6.07) is 2.02. The maximum atomic E-state index is 12.9. The lowest BCUT2D eigenvalue weighted by atomic mass is 10.1. The molecule has 0 aliphatic heterocycles. The summed E-state index contributed by atoms with van der Waals surface area (Å²) in [6.45, 7) is 0. The minimum absolute atomic E-state index is 0.00231. The minimum atomic E-state index is -0.689. The topological polar surface area (TPSA) is 81.5 Å². The predicted molar refractivity (Wildman–Crippen MR) is 51.0 cm³/mol. The molecule has 74 valence electrons. The van der Waals surface area contributed by atoms with Crippen molar-refractivity contribution in [2.24, 2.45) is 4.99 Å². The number of hydrogen-bond donors (Lipinski definition) is 1. The fraction of sp³-hybridized carbons (Fsp3) is 0.125. The lowest BCUT2D eigenvalue weighted by molar-refractivity contribution is -0.385. The molecule has 5 nitrogen and oxygen atoms in total. The van der Waals surface area contributed by atoms with Gasteiger partial charge in [-0.2, -0.15) is 0 Å². The Morgan fingerprint density at radius 1 is 1.64 bits per heavy atom. The standard InChI is InChI=1S/C8H8FN3O2/c1-11-4-5-7(12(13)14)3-2-6(9)8(5)10/h2-4H,10H2,1H3. The fourth-order valence-corrected chi connectivity index (χ4v) is 1.02. The Morgan fingerprint density at radius 2 is 2.29 bits per heavy atom. The number of nitro groups is 1. The number of rotatable bonds is 2. The zero-order valence-corrected chi connectivity index (χ0v) is 7.40. The van der Waals surface area contributed by atoms with Gasteiger partial charge in [-0.15, -0.1) is 0 Å². The first-order valence-corrected chi connectivity index (χ1v) is 3.72. The molecule has 6 heteroatoms.